The summed E-state index contributed by atoms with van der Waals surface area (Å²) < 4.78 is 1.66. The number of carbonyl (C=O) groups is 3. The highest BCUT2D eigenvalue weighted by Gasteiger charge is 2.29. The third kappa shape index (κ3) is 2.95. The Balaban J connectivity index is 1.63. The Morgan fingerprint density at radius 3 is 2.60 bits per heavy atom. The molecule has 130 valence electrons. The van der Waals surface area contributed by atoms with Gasteiger partial charge in [0.25, 0.3) is 11.8 Å². The summed E-state index contributed by atoms with van der Waals surface area (Å²) in [5.74, 6) is -0.231. The molecule has 8 nitrogen and oxygen atoms in total. The van der Waals surface area contributed by atoms with Gasteiger partial charge in [0, 0.05) is 38.4 Å². The molecule has 0 unspecified atom stereocenters. The fourth-order valence-electron chi connectivity index (χ4n) is 3.01. The molecule has 0 aromatic carbocycles. The van der Waals surface area contributed by atoms with Gasteiger partial charge in [0.2, 0.25) is 12.2 Å². The molecule has 0 bridgehead atoms. The van der Waals surface area contributed by atoms with Crippen molar-refractivity contribution in [2.75, 3.05) is 26.2 Å². The van der Waals surface area contributed by atoms with Gasteiger partial charge < -0.3 is 15.1 Å². The Labute approximate surface area is 144 Å². The molecule has 2 aromatic heterocycles. The van der Waals surface area contributed by atoms with E-state index in [1.54, 1.807) is 32.5 Å². The minimum atomic E-state index is -0.256. The van der Waals surface area contributed by atoms with Gasteiger partial charge >= 0.3 is 0 Å². The monoisotopic (exact) mass is 341 g/mol. The summed E-state index contributed by atoms with van der Waals surface area (Å²) in [7, 11) is 0. The number of nitrogens with one attached hydrogen (secondary N) is 1. The lowest BCUT2D eigenvalue weighted by atomic mass is 10.2. The summed E-state index contributed by atoms with van der Waals surface area (Å²) in [4.78, 5) is 43.8. The van der Waals surface area contributed by atoms with Crippen molar-refractivity contribution in [1.29, 1.82) is 0 Å². The predicted octanol–water partition coefficient (Wildman–Crippen LogP) is 0.141. The zero-order valence-corrected chi connectivity index (χ0v) is 13.7. The van der Waals surface area contributed by atoms with E-state index in [0.717, 1.165) is 19.3 Å². The summed E-state index contributed by atoms with van der Waals surface area (Å²) >= 11 is 0. The average molecular weight is 341 g/mol. The molecular weight excluding hydrogens is 322 g/mol. The number of nitrogens with zero attached hydrogens (tertiary/aromatic N) is 4. The van der Waals surface area contributed by atoms with E-state index in [1.165, 1.54) is 0 Å². The average Bonchev–Trinajstić information content (AvgIpc) is 3.38. The Bertz CT molecular complexity index is 834. The van der Waals surface area contributed by atoms with E-state index in [-0.39, 0.29) is 29.4 Å². The second-order valence-corrected chi connectivity index (χ2v) is 6.42. The summed E-state index contributed by atoms with van der Waals surface area (Å²) in [6.07, 6.45) is 4.52. The lowest BCUT2D eigenvalue weighted by Crippen LogP contribution is -2.48. The standard InChI is InChI=1S/C17H19N5O3/c23-11-20-7-9-21(10-8-20)17(25)14-13-3-1-2-6-22(13)15(19-14)16(24)18-12-4-5-12/h1-3,6,11-12H,4-5,7-10H2,(H,18,24). The van der Waals surface area contributed by atoms with E-state index in [1.807, 2.05) is 6.07 Å². The predicted molar refractivity (Wildman–Crippen MR) is 89.2 cm³/mol. The zero-order valence-electron chi connectivity index (χ0n) is 13.7. The first-order valence-corrected chi connectivity index (χ1v) is 8.44. The van der Waals surface area contributed by atoms with Gasteiger partial charge in [-0.2, -0.15) is 0 Å². The van der Waals surface area contributed by atoms with E-state index < -0.39 is 0 Å². The van der Waals surface area contributed by atoms with Crippen molar-refractivity contribution in [2.24, 2.45) is 0 Å². The second-order valence-electron chi connectivity index (χ2n) is 6.42. The number of fused-ring (bicyclic) bond motifs is 1. The lowest BCUT2D eigenvalue weighted by Gasteiger charge is -2.32. The third-order valence-corrected chi connectivity index (χ3v) is 4.62. The van der Waals surface area contributed by atoms with Crippen molar-refractivity contribution >= 4 is 23.7 Å². The van der Waals surface area contributed by atoms with Crippen LogP contribution >= 0.6 is 0 Å². The topological polar surface area (TPSA) is 87.0 Å². The molecule has 1 saturated heterocycles. The molecule has 2 fully saturated rings. The van der Waals surface area contributed by atoms with Crippen LogP contribution in [0.1, 0.15) is 33.9 Å². The fraction of sp³-hybridized carbons (Fsp3) is 0.412. The highest BCUT2D eigenvalue weighted by Crippen LogP contribution is 2.21. The molecule has 1 N–H and O–H groups in total. The Kier molecular flexibility index (Phi) is 3.87. The highest BCUT2D eigenvalue weighted by atomic mass is 16.2. The van der Waals surface area contributed by atoms with Crippen LogP contribution in [-0.2, 0) is 4.79 Å². The Hall–Kier alpha value is -2.90. The maximum Gasteiger partial charge on any atom is 0.287 e. The highest BCUT2D eigenvalue weighted by molar-refractivity contribution is 6.02. The molecular formula is C17H19N5O3. The van der Waals surface area contributed by atoms with Gasteiger partial charge in [-0.25, -0.2) is 4.98 Å². The molecule has 2 aromatic rings. The molecule has 25 heavy (non-hydrogen) atoms. The van der Waals surface area contributed by atoms with E-state index in [0.29, 0.717) is 31.7 Å². The van der Waals surface area contributed by atoms with Gasteiger partial charge in [-0.15, -0.1) is 0 Å². The molecule has 8 heteroatoms. The number of hydrogen-bond donors (Lipinski definition) is 1. The first-order valence-electron chi connectivity index (χ1n) is 8.44. The van der Waals surface area contributed by atoms with Gasteiger partial charge in [-0.1, -0.05) is 6.07 Å². The Morgan fingerprint density at radius 2 is 1.92 bits per heavy atom. The fourth-order valence-corrected chi connectivity index (χ4v) is 3.01. The molecule has 3 amide bonds. The van der Waals surface area contributed by atoms with Crippen molar-refractivity contribution in [1.82, 2.24) is 24.5 Å². The minimum Gasteiger partial charge on any atom is -0.347 e. The van der Waals surface area contributed by atoms with Crippen molar-refractivity contribution in [2.45, 2.75) is 18.9 Å². The number of rotatable bonds is 4. The molecule has 4 rings (SSSR count). The normalized spacial score (nSPS) is 17.6. The van der Waals surface area contributed by atoms with E-state index in [2.05, 4.69) is 10.3 Å². The molecule has 0 atom stereocenters. The number of aromatic nitrogens is 2. The van der Waals surface area contributed by atoms with Gasteiger partial charge in [0.05, 0.1) is 5.52 Å². The summed E-state index contributed by atoms with van der Waals surface area (Å²) in [5.41, 5.74) is 0.896. The molecule has 1 saturated carbocycles. The quantitative estimate of drug-likeness (QED) is 0.802. The van der Waals surface area contributed by atoms with Gasteiger partial charge in [0.15, 0.2) is 5.69 Å². The van der Waals surface area contributed by atoms with Crippen molar-refractivity contribution in [3.63, 3.8) is 0 Å². The van der Waals surface area contributed by atoms with Crippen LogP contribution in [-0.4, -0.2) is 69.6 Å². The summed E-state index contributed by atoms with van der Waals surface area (Å²) in [6.45, 7) is 1.95. The number of piperazine rings is 1. The zero-order chi connectivity index (χ0) is 17.4. The van der Waals surface area contributed by atoms with E-state index >= 15 is 0 Å². The number of hydrogen-bond acceptors (Lipinski definition) is 4. The number of imidazole rings is 1. The number of carbonyl (C=O) groups excluding carboxylic acids is 3. The molecule has 3 heterocycles. The number of amides is 3. The van der Waals surface area contributed by atoms with Gasteiger partial charge in [0.1, 0.15) is 0 Å². The third-order valence-electron chi connectivity index (χ3n) is 4.62. The number of pyridine rings is 1. The van der Waals surface area contributed by atoms with Crippen LogP contribution in [0.15, 0.2) is 24.4 Å². The second kappa shape index (κ2) is 6.19. The molecule has 2 aliphatic rings. The van der Waals surface area contributed by atoms with Crippen LogP contribution < -0.4 is 5.32 Å². The van der Waals surface area contributed by atoms with Crippen LogP contribution in [0.2, 0.25) is 0 Å². The largest absolute Gasteiger partial charge is 0.347 e. The summed E-state index contributed by atoms with van der Waals surface area (Å²) in [5, 5.41) is 2.91. The van der Waals surface area contributed by atoms with Crippen LogP contribution in [0.4, 0.5) is 0 Å². The maximum absolute atomic E-state index is 12.9. The first kappa shape index (κ1) is 15.6. The molecule has 1 aliphatic carbocycles. The van der Waals surface area contributed by atoms with E-state index in [4.69, 9.17) is 0 Å². The van der Waals surface area contributed by atoms with Crippen LogP contribution in [0.5, 0.6) is 0 Å². The van der Waals surface area contributed by atoms with Crippen LogP contribution in [0.25, 0.3) is 5.52 Å². The SMILES string of the molecule is O=CN1CCN(C(=O)c2nc(C(=O)NC3CC3)n3ccccc23)CC1. The van der Waals surface area contributed by atoms with Crippen LogP contribution in [0.3, 0.4) is 0 Å². The molecule has 0 radical (unpaired) electrons. The summed E-state index contributed by atoms with van der Waals surface area (Å²) in [6, 6.07) is 5.63. The lowest BCUT2D eigenvalue weighted by molar-refractivity contribution is -0.119. The van der Waals surface area contributed by atoms with Crippen molar-refractivity contribution in [3.8, 4) is 0 Å². The minimum absolute atomic E-state index is 0.209. The van der Waals surface area contributed by atoms with Gasteiger partial charge in [-0.05, 0) is 25.0 Å². The van der Waals surface area contributed by atoms with Crippen molar-refractivity contribution in [3.05, 3.63) is 35.9 Å². The van der Waals surface area contributed by atoms with Crippen LogP contribution in [0, 0.1) is 0 Å². The van der Waals surface area contributed by atoms with Gasteiger partial charge in [-0.3, -0.25) is 18.8 Å². The smallest absolute Gasteiger partial charge is 0.287 e. The van der Waals surface area contributed by atoms with Crippen molar-refractivity contribution < 1.29 is 14.4 Å². The van der Waals surface area contributed by atoms with E-state index in [9.17, 15) is 14.4 Å². The Morgan fingerprint density at radius 1 is 1.16 bits per heavy atom. The maximum atomic E-state index is 12.9. The molecule has 0 spiro atoms. The first-order chi connectivity index (χ1) is 12.2. The molecule has 1 aliphatic heterocycles.